The van der Waals surface area contributed by atoms with Crippen molar-refractivity contribution in [1.82, 2.24) is 5.32 Å². The van der Waals surface area contributed by atoms with Crippen molar-refractivity contribution in [3.8, 4) is 11.5 Å². The fourth-order valence-electron chi connectivity index (χ4n) is 3.37. The van der Waals surface area contributed by atoms with Crippen molar-refractivity contribution < 1.29 is 23.9 Å². The third-order valence-electron chi connectivity index (χ3n) is 5.03. The van der Waals surface area contributed by atoms with Gasteiger partial charge in [0.05, 0.1) is 17.3 Å². The summed E-state index contributed by atoms with van der Waals surface area (Å²) in [5.41, 5.74) is 1.48. The quantitative estimate of drug-likeness (QED) is 0.265. The Labute approximate surface area is 222 Å². The van der Waals surface area contributed by atoms with Crippen LogP contribution < -0.4 is 19.7 Å². The Hall–Kier alpha value is -3.14. The van der Waals surface area contributed by atoms with Gasteiger partial charge in [-0.15, -0.1) is 0 Å². The van der Waals surface area contributed by atoms with Gasteiger partial charge in [0.1, 0.15) is 12.2 Å². The zero-order chi connectivity index (χ0) is 25.1. The fraction of sp³-hybridized carbons (Fsp3) is 0.0800. The maximum atomic E-state index is 13.1. The monoisotopic (exact) mass is 618 g/mol. The lowest BCUT2D eigenvalue weighted by molar-refractivity contribution is -0.122. The molecule has 10 heteroatoms. The van der Waals surface area contributed by atoms with Crippen LogP contribution in [0, 0.1) is 0 Å². The Balaban J connectivity index is 1.64. The van der Waals surface area contributed by atoms with E-state index in [4.69, 9.17) is 21.1 Å². The van der Waals surface area contributed by atoms with Gasteiger partial charge in [-0.2, -0.15) is 0 Å². The minimum Gasteiger partial charge on any atom is -0.493 e. The number of hydrogen-bond donors (Lipinski definition) is 1. The van der Waals surface area contributed by atoms with E-state index in [0.717, 1.165) is 14.9 Å². The average Bonchev–Trinajstić information content (AvgIpc) is 2.82. The topological polar surface area (TPSA) is 84.9 Å². The molecule has 0 radical (unpaired) electrons. The molecule has 0 aromatic heterocycles. The summed E-state index contributed by atoms with van der Waals surface area (Å²) in [7, 11) is 1.49. The second kappa shape index (κ2) is 10.6. The Morgan fingerprint density at radius 1 is 1.03 bits per heavy atom. The van der Waals surface area contributed by atoms with Crippen molar-refractivity contribution in [1.29, 1.82) is 0 Å². The lowest BCUT2D eigenvalue weighted by Gasteiger charge is -2.26. The van der Waals surface area contributed by atoms with Crippen LogP contribution in [0.4, 0.5) is 10.5 Å². The molecule has 35 heavy (non-hydrogen) atoms. The summed E-state index contributed by atoms with van der Waals surface area (Å²) in [6.07, 6.45) is 1.38. The van der Waals surface area contributed by atoms with E-state index in [0.29, 0.717) is 33.2 Å². The zero-order valence-electron chi connectivity index (χ0n) is 18.2. The van der Waals surface area contributed by atoms with Gasteiger partial charge in [0, 0.05) is 9.50 Å². The minimum absolute atomic E-state index is 0.220. The predicted molar refractivity (Wildman–Crippen MR) is 140 cm³/mol. The third kappa shape index (κ3) is 5.58. The van der Waals surface area contributed by atoms with E-state index >= 15 is 0 Å². The first-order valence-electron chi connectivity index (χ1n) is 10.2. The van der Waals surface area contributed by atoms with Crippen LogP contribution in [0.25, 0.3) is 6.08 Å². The highest BCUT2D eigenvalue weighted by Crippen LogP contribution is 2.38. The van der Waals surface area contributed by atoms with E-state index in [1.165, 1.54) is 19.3 Å². The van der Waals surface area contributed by atoms with Crippen molar-refractivity contribution in [2.45, 2.75) is 6.61 Å². The van der Waals surface area contributed by atoms with Gasteiger partial charge >= 0.3 is 6.03 Å². The number of ether oxygens (including phenoxy) is 2. The summed E-state index contributed by atoms with van der Waals surface area (Å²) in [6.45, 7) is 0.306. The van der Waals surface area contributed by atoms with Crippen LogP contribution in [0.1, 0.15) is 11.1 Å². The normalized spacial score (nSPS) is 14.8. The molecule has 1 N–H and O–H groups in total. The lowest BCUT2D eigenvalue weighted by Crippen LogP contribution is -2.54. The number of anilines is 1. The highest BCUT2D eigenvalue weighted by molar-refractivity contribution is 9.10. The number of methoxy groups -OCH3 is 1. The number of carbonyl (C=O) groups is 3. The van der Waals surface area contributed by atoms with Gasteiger partial charge in [0.25, 0.3) is 11.8 Å². The van der Waals surface area contributed by atoms with Crippen molar-refractivity contribution >= 4 is 73.1 Å². The number of nitrogens with one attached hydrogen (secondary N) is 1. The Morgan fingerprint density at radius 2 is 1.77 bits per heavy atom. The molecule has 178 valence electrons. The molecule has 1 aliphatic heterocycles. The van der Waals surface area contributed by atoms with E-state index in [2.05, 4.69) is 37.2 Å². The molecule has 0 saturated carbocycles. The first-order valence-corrected chi connectivity index (χ1v) is 12.1. The van der Waals surface area contributed by atoms with Gasteiger partial charge in [-0.3, -0.25) is 14.9 Å². The Kier molecular flexibility index (Phi) is 7.59. The van der Waals surface area contributed by atoms with Gasteiger partial charge in [-0.05, 0) is 75.6 Å². The smallest absolute Gasteiger partial charge is 0.335 e. The molecule has 0 bridgehead atoms. The summed E-state index contributed by atoms with van der Waals surface area (Å²) in [6, 6.07) is 16.4. The van der Waals surface area contributed by atoms with Crippen LogP contribution in [0.5, 0.6) is 11.5 Å². The molecule has 0 spiro atoms. The summed E-state index contributed by atoms with van der Waals surface area (Å²) in [5.74, 6) is -0.710. The molecule has 3 aromatic carbocycles. The molecule has 4 amide bonds. The van der Waals surface area contributed by atoms with E-state index < -0.39 is 17.8 Å². The second-order valence-electron chi connectivity index (χ2n) is 7.39. The van der Waals surface area contributed by atoms with E-state index in [9.17, 15) is 14.4 Å². The molecular weight excluding hydrogens is 604 g/mol. The third-order valence-corrected chi connectivity index (χ3v) is 6.38. The Bertz CT molecular complexity index is 1360. The highest BCUT2D eigenvalue weighted by atomic mass is 79.9. The second-order valence-corrected chi connectivity index (χ2v) is 9.59. The Morgan fingerprint density at radius 3 is 2.46 bits per heavy atom. The highest BCUT2D eigenvalue weighted by Gasteiger charge is 2.37. The molecule has 7 nitrogen and oxygen atoms in total. The maximum Gasteiger partial charge on any atom is 0.335 e. The van der Waals surface area contributed by atoms with Crippen molar-refractivity contribution in [2.24, 2.45) is 0 Å². The first-order chi connectivity index (χ1) is 16.8. The number of benzene rings is 3. The summed E-state index contributed by atoms with van der Waals surface area (Å²) >= 11 is 12.9. The molecule has 0 unspecified atom stereocenters. The number of rotatable bonds is 6. The van der Waals surface area contributed by atoms with Crippen LogP contribution in [0.2, 0.25) is 5.02 Å². The van der Waals surface area contributed by atoms with Crippen molar-refractivity contribution in [2.75, 3.05) is 12.0 Å². The summed E-state index contributed by atoms with van der Waals surface area (Å²) in [5, 5.41) is 2.54. The molecule has 1 aliphatic rings. The lowest BCUT2D eigenvalue weighted by atomic mass is 10.1. The molecule has 4 rings (SSSR count). The minimum atomic E-state index is -0.852. The number of nitrogens with zero attached hydrogens (tertiary/aromatic N) is 1. The number of halogens is 3. The van der Waals surface area contributed by atoms with E-state index in [1.807, 2.05) is 24.3 Å². The predicted octanol–water partition coefficient (Wildman–Crippen LogP) is 6.12. The zero-order valence-corrected chi connectivity index (χ0v) is 22.1. The van der Waals surface area contributed by atoms with Crippen LogP contribution in [0.3, 0.4) is 0 Å². The molecule has 1 saturated heterocycles. The molecule has 1 fully saturated rings. The number of barbiturate groups is 1. The largest absolute Gasteiger partial charge is 0.493 e. The maximum absolute atomic E-state index is 13.1. The molecule has 0 atom stereocenters. The number of amides is 4. The van der Waals surface area contributed by atoms with Gasteiger partial charge in [0.15, 0.2) is 11.5 Å². The number of carbonyl (C=O) groups excluding carboxylic acids is 3. The number of urea groups is 1. The van der Waals surface area contributed by atoms with E-state index in [-0.39, 0.29) is 11.3 Å². The SMILES string of the molecule is COc1cc(/C=C2\C(=O)NC(=O)N(c3cccc(Cl)c3)C2=O)cc(Br)c1OCc1ccc(Br)cc1. The van der Waals surface area contributed by atoms with Crippen LogP contribution >= 0.6 is 43.5 Å². The van der Waals surface area contributed by atoms with Crippen LogP contribution in [-0.2, 0) is 16.2 Å². The van der Waals surface area contributed by atoms with Gasteiger partial charge in [-0.1, -0.05) is 45.7 Å². The summed E-state index contributed by atoms with van der Waals surface area (Å²) < 4.78 is 13.0. The van der Waals surface area contributed by atoms with Gasteiger partial charge in [0.2, 0.25) is 0 Å². The first kappa shape index (κ1) is 25.0. The number of imide groups is 2. The fourth-order valence-corrected chi connectivity index (χ4v) is 4.40. The van der Waals surface area contributed by atoms with Crippen LogP contribution in [-0.4, -0.2) is 25.0 Å². The van der Waals surface area contributed by atoms with Gasteiger partial charge < -0.3 is 9.47 Å². The summed E-state index contributed by atoms with van der Waals surface area (Å²) in [4.78, 5) is 38.9. The van der Waals surface area contributed by atoms with Gasteiger partial charge in [-0.25, -0.2) is 9.69 Å². The van der Waals surface area contributed by atoms with Crippen molar-refractivity contribution in [3.63, 3.8) is 0 Å². The molecule has 0 aliphatic carbocycles. The van der Waals surface area contributed by atoms with Crippen molar-refractivity contribution in [3.05, 3.63) is 91.3 Å². The molecular formula is C25H17Br2ClN2O5. The standard InChI is InChI=1S/C25H17Br2ClN2O5/c1-34-21-11-15(10-20(27)22(21)35-13-14-5-7-16(26)8-6-14)9-19-23(31)29-25(33)30(24(19)32)18-4-2-3-17(28)12-18/h2-12H,13H2,1H3,(H,29,31,33)/b19-9+. The molecule has 3 aromatic rings. The van der Waals surface area contributed by atoms with E-state index in [1.54, 1.807) is 30.3 Å². The average molecular weight is 621 g/mol. The molecule has 1 heterocycles. The number of hydrogen-bond acceptors (Lipinski definition) is 5. The van der Waals surface area contributed by atoms with Crippen LogP contribution in [0.15, 0.2) is 75.2 Å².